The van der Waals surface area contributed by atoms with Gasteiger partial charge in [-0.25, -0.2) is 4.79 Å². The Morgan fingerprint density at radius 2 is 1.83 bits per heavy atom. The standard InChI is InChI=1S/C19H19NO4/c1-3-24-17-9-7-14(8-10-17)18(21)11-12-20-16-6-4-5-15(13-16)19(22)23-2/h4-13,20H,3H2,1-2H3. The quantitative estimate of drug-likeness (QED) is 0.478. The Bertz CT molecular complexity index is 735. The van der Waals surface area contributed by atoms with Gasteiger partial charge in [-0.2, -0.15) is 0 Å². The Kier molecular flexibility index (Phi) is 6.14. The second-order valence-corrected chi connectivity index (χ2v) is 4.87. The average molecular weight is 325 g/mol. The number of methoxy groups -OCH3 is 1. The number of benzene rings is 2. The molecule has 0 aliphatic heterocycles. The fourth-order valence-electron chi connectivity index (χ4n) is 2.05. The van der Waals surface area contributed by atoms with Crippen molar-refractivity contribution in [2.24, 2.45) is 0 Å². The number of carbonyl (C=O) groups is 2. The average Bonchev–Trinajstić information content (AvgIpc) is 2.62. The molecule has 2 aromatic carbocycles. The molecule has 5 nitrogen and oxygen atoms in total. The number of esters is 1. The third-order valence-corrected chi connectivity index (χ3v) is 3.22. The monoisotopic (exact) mass is 325 g/mol. The second kappa shape index (κ2) is 8.53. The van der Waals surface area contributed by atoms with Crippen LogP contribution in [-0.4, -0.2) is 25.5 Å². The van der Waals surface area contributed by atoms with Gasteiger partial charge < -0.3 is 14.8 Å². The third-order valence-electron chi connectivity index (χ3n) is 3.22. The Balaban J connectivity index is 1.98. The van der Waals surface area contributed by atoms with Crippen molar-refractivity contribution >= 4 is 17.4 Å². The molecule has 0 amide bonds. The molecule has 0 atom stereocenters. The number of nitrogens with one attached hydrogen (secondary N) is 1. The van der Waals surface area contributed by atoms with Crippen LogP contribution in [0.5, 0.6) is 5.75 Å². The first kappa shape index (κ1) is 17.3. The number of ether oxygens (including phenoxy) is 2. The van der Waals surface area contributed by atoms with Crippen LogP contribution in [0.1, 0.15) is 27.6 Å². The summed E-state index contributed by atoms with van der Waals surface area (Å²) in [6, 6.07) is 13.8. The van der Waals surface area contributed by atoms with Gasteiger partial charge >= 0.3 is 5.97 Å². The van der Waals surface area contributed by atoms with E-state index in [0.717, 1.165) is 5.75 Å². The minimum Gasteiger partial charge on any atom is -0.494 e. The molecule has 1 N–H and O–H groups in total. The molecule has 0 aromatic heterocycles. The van der Waals surface area contributed by atoms with Crippen LogP contribution in [0.15, 0.2) is 60.8 Å². The molecule has 24 heavy (non-hydrogen) atoms. The lowest BCUT2D eigenvalue weighted by Gasteiger charge is -2.04. The zero-order valence-corrected chi connectivity index (χ0v) is 13.6. The van der Waals surface area contributed by atoms with Gasteiger partial charge in [-0.1, -0.05) is 6.07 Å². The predicted molar refractivity (Wildman–Crippen MR) is 92.5 cm³/mol. The number of carbonyl (C=O) groups excluding carboxylic acids is 2. The summed E-state index contributed by atoms with van der Waals surface area (Å²) < 4.78 is 10.0. The van der Waals surface area contributed by atoms with Gasteiger partial charge in [-0.3, -0.25) is 4.79 Å². The van der Waals surface area contributed by atoms with Gasteiger partial charge in [-0.05, 0) is 49.4 Å². The lowest BCUT2D eigenvalue weighted by Crippen LogP contribution is -2.02. The second-order valence-electron chi connectivity index (χ2n) is 4.87. The molecule has 0 saturated carbocycles. The lowest BCUT2D eigenvalue weighted by atomic mass is 10.1. The van der Waals surface area contributed by atoms with Crippen LogP contribution in [0, 0.1) is 0 Å². The largest absolute Gasteiger partial charge is 0.494 e. The number of hydrogen-bond donors (Lipinski definition) is 1. The highest BCUT2D eigenvalue weighted by Crippen LogP contribution is 2.14. The minimum atomic E-state index is -0.409. The summed E-state index contributed by atoms with van der Waals surface area (Å²) >= 11 is 0. The molecule has 0 aliphatic carbocycles. The smallest absolute Gasteiger partial charge is 0.337 e. The normalized spacial score (nSPS) is 10.4. The summed E-state index contributed by atoms with van der Waals surface area (Å²) in [6.45, 7) is 2.49. The maximum absolute atomic E-state index is 12.1. The van der Waals surface area contributed by atoms with Crippen molar-refractivity contribution in [1.29, 1.82) is 0 Å². The topological polar surface area (TPSA) is 64.6 Å². The van der Waals surface area contributed by atoms with Crippen molar-refractivity contribution in [3.05, 3.63) is 71.9 Å². The zero-order chi connectivity index (χ0) is 17.4. The van der Waals surface area contributed by atoms with E-state index in [9.17, 15) is 9.59 Å². The number of ketones is 1. The molecular weight excluding hydrogens is 306 g/mol. The first-order valence-electron chi connectivity index (χ1n) is 7.52. The van der Waals surface area contributed by atoms with Gasteiger partial charge in [0.1, 0.15) is 5.75 Å². The van der Waals surface area contributed by atoms with Crippen LogP contribution in [0.2, 0.25) is 0 Å². The van der Waals surface area contributed by atoms with Gasteiger partial charge in [0, 0.05) is 23.5 Å². The van der Waals surface area contributed by atoms with Crippen molar-refractivity contribution in [3.8, 4) is 5.75 Å². The Hall–Kier alpha value is -3.08. The Morgan fingerprint density at radius 3 is 2.50 bits per heavy atom. The van der Waals surface area contributed by atoms with Crippen LogP contribution in [0.3, 0.4) is 0 Å². The highest BCUT2D eigenvalue weighted by Gasteiger charge is 2.05. The van der Waals surface area contributed by atoms with Crippen LogP contribution in [0.4, 0.5) is 5.69 Å². The van der Waals surface area contributed by atoms with Crippen molar-refractivity contribution in [2.75, 3.05) is 19.0 Å². The van der Waals surface area contributed by atoms with Gasteiger partial charge in [-0.15, -0.1) is 0 Å². The van der Waals surface area contributed by atoms with Crippen molar-refractivity contribution in [1.82, 2.24) is 0 Å². The Morgan fingerprint density at radius 1 is 1.08 bits per heavy atom. The molecule has 0 fully saturated rings. The van der Waals surface area contributed by atoms with Crippen molar-refractivity contribution in [3.63, 3.8) is 0 Å². The first-order valence-corrected chi connectivity index (χ1v) is 7.52. The van der Waals surface area contributed by atoms with E-state index in [4.69, 9.17) is 4.74 Å². The molecule has 2 rings (SSSR count). The zero-order valence-electron chi connectivity index (χ0n) is 13.6. The molecule has 124 valence electrons. The fraction of sp³-hybridized carbons (Fsp3) is 0.158. The summed E-state index contributed by atoms with van der Waals surface area (Å²) in [5.41, 5.74) is 1.70. The van der Waals surface area contributed by atoms with Crippen LogP contribution >= 0.6 is 0 Å². The number of rotatable bonds is 7. The summed E-state index contributed by atoms with van der Waals surface area (Å²) in [7, 11) is 1.33. The molecule has 0 spiro atoms. The van der Waals surface area contributed by atoms with Crippen molar-refractivity contribution < 1.29 is 19.1 Å². The maximum Gasteiger partial charge on any atom is 0.337 e. The van der Waals surface area contributed by atoms with E-state index in [1.165, 1.54) is 19.4 Å². The number of allylic oxidation sites excluding steroid dienone is 1. The van der Waals surface area contributed by atoms with Gasteiger partial charge in [0.15, 0.2) is 5.78 Å². The molecule has 0 radical (unpaired) electrons. The molecular formula is C19H19NO4. The van der Waals surface area contributed by atoms with Gasteiger partial charge in [0.05, 0.1) is 19.3 Å². The fourth-order valence-corrected chi connectivity index (χ4v) is 2.05. The molecule has 0 saturated heterocycles. The highest BCUT2D eigenvalue weighted by molar-refractivity contribution is 6.04. The van der Waals surface area contributed by atoms with E-state index < -0.39 is 5.97 Å². The van der Waals surface area contributed by atoms with E-state index in [2.05, 4.69) is 10.1 Å². The van der Waals surface area contributed by atoms with Crippen molar-refractivity contribution in [2.45, 2.75) is 6.92 Å². The van der Waals surface area contributed by atoms with Crippen LogP contribution in [0.25, 0.3) is 0 Å². The van der Waals surface area contributed by atoms with Crippen LogP contribution < -0.4 is 10.1 Å². The molecule has 0 aliphatic rings. The van der Waals surface area contributed by atoms with E-state index >= 15 is 0 Å². The van der Waals surface area contributed by atoms with E-state index in [1.54, 1.807) is 48.5 Å². The molecule has 0 unspecified atom stereocenters. The SMILES string of the molecule is CCOc1ccc(C(=O)C=CNc2cccc(C(=O)OC)c2)cc1. The maximum atomic E-state index is 12.1. The van der Waals surface area contributed by atoms with E-state index in [1.807, 2.05) is 6.92 Å². The first-order chi connectivity index (χ1) is 11.6. The number of hydrogen-bond acceptors (Lipinski definition) is 5. The minimum absolute atomic E-state index is 0.130. The van der Waals surface area contributed by atoms with Gasteiger partial charge in [0.25, 0.3) is 0 Å². The number of anilines is 1. The summed E-state index contributed by atoms with van der Waals surface area (Å²) in [5.74, 6) is 0.193. The highest BCUT2D eigenvalue weighted by atomic mass is 16.5. The molecule has 0 bridgehead atoms. The molecule has 0 heterocycles. The van der Waals surface area contributed by atoms with Gasteiger partial charge in [0.2, 0.25) is 0 Å². The van der Waals surface area contributed by atoms with E-state index in [0.29, 0.717) is 23.4 Å². The summed E-state index contributed by atoms with van der Waals surface area (Å²) in [6.07, 6.45) is 2.97. The lowest BCUT2D eigenvalue weighted by molar-refractivity contribution is 0.0600. The summed E-state index contributed by atoms with van der Waals surface area (Å²) in [4.78, 5) is 23.6. The molecule has 2 aromatic rings. The van der Waals surface area contributed by atoms with E-state index in [-0.39, 0.29) is 5.78 Å². The molecule has 5 heteroatoms. The van der Waals surface area contributed by atoms with Crippen LogP contribution in [-0.2, 0) is 4.74 Å². The third kappa shape index (κ3) is 4.71. The predicted octanol–water partition coefficient (Wildman–Crippen LogP) is 3.68. The summed E-state index contributed by atoms with van der Waals surface area (Å²) in [5, 5.41) is 2.96. The Labute approximate surface area is 140 Å².